The largest absolute Gasteiger partial charge is 0.463 e. The summed E-state index contributed by atoms with van der Waals surface area (Å²) in [5.74, 6) is 0.117. The summed E-state index contributed by atoms with van der Waals surface area (Å²) in [6, 6.07) is 16.2. The van der Waals surface area contributed by atoms with Crippen molar-refractivity contribution in [3.8, 4) is 5.75 Å². The molecule has 0 fully saturated rings. The maximum atomic E-state index is 14.3. The van der Waals surface area contributed by atoms with E-state index in [4.69, 9.17) is 32.9 Å². The fourth-order valence-electron chi connectivity index (χ4n) is 3.59. The smallest absolute Gasteiger partial charge is 0.445 e. The molecule has 3 aromatic rings. The number of benzene rings is 3. The van der Waals surface area contributed by atoms with Gasteiger partial charge in [0.15, 0.2) is 5.75 Å². The van der Waals surface area contributed by atoms with E-state index in [1.54, 1.807) is 37.3 Å². The van der Waals surface area contributed by atoms with Crippen molar-refractivity contribution in [1.82, 2.24) is 0 Å². The van der Waals surface area contributed by atoms with Crippen LogP contribution in [0, 0.1) is 6.92 Å². The summed E-state index contributed by atoms with van der Waals surface area (Å²) in [5, 5.41) is 14.0. The predicted molar refractivity (Wildman–Crippen MR) is 125 cm³/mol. The van der Waals surface area contributed by atoms with Gasteiger partial charge in [0.25, 0.3) is 5.60 Å². The number of amides is 1. The van der Waals surface area contributed by atoms with E-state index in [0.717, 1.165) is 12.1 Å². The molecule has 1 unspecified atom stereocenters. The number of hydrogen-bond donors (Lipinski definition) is 1. The molecule has 6 nitrogen and oxygen atoms in total. The minimum Gasteiger partial charge on any atom is -0.463 e. The Morgan fingerprint density at radius 3 is 2.34 bits per heavy atom. The number of hydroxylamine groups is 1. The average Bonchev–Trinajstić information content (AvgIpc) is 3.25. The molecule has 1 aliphatic rings. The summed E-state index contributed by atoms with van der Waals surface area (Å²) in [6.45, 7) is 1.67. The first kappa shape index (κ1) is 24.7. The minimum absolute atomic E-state index is 0.00939. The lowest BCUT2D eigenvalue weighted by molar-refractivity contribution is -0.275. The van der Waals surface area contributed by atoms with E-state index in [2.05, 4.69) is 5.16 Å². The number of oxime groups is 1. The predicted octanol–water partition coefficient (Wildman–Crippen LogP) is 7.36. The number of anilines is 1. The molecule has 0 saturated carbocycles. The summed E-state index contributed by atoms with van der Waals surface area (Å²) >= 11 is 11.9. The lowest BCUT2D eigenvalue weighted by atomic mass is 9.86. The van der Waals surface area contributed by atoms with Crippen LogP contribution >= 0.6 is 23.2 Å². The number of alkyl halides is 3. The van der Waals surface area contributed by atoms with Crippen LogP contribution in [0.1, 0.15) is 23.1 Å². The number of aryl methyl sites for hydroxylation is 1. The Morgan fingerprint density at radius 1 is 1.09 bits per heavy atom. The van der Waals surface area contributed by atoms with Crippen LogP contribution in [0.15, 0.2) is 71.9 Å². The number of hydrogen-bond acceptors (Lipinski definition) is 4. The lowest BCUT2D eigenvalue weighted by Gasteiger charge is -2.29. The molecular formula is C24H17Cl2F3N2O4. The summed E-state index contributed by atoms with van der Waals surface area (Å²) in [7, 11) is 0. The fourth-order valence-corrected chi connectivity index (χ4v) is 4.11. The van der Waals surface area contributed by atoms with Crippen LogP contribution in [0.3, 0.4) is 0 Å². The Labute approximate surface area is 208 Å². The molecule has 35 heavy (non-hydrogen) atoms. The molecule has 4 rings (SSSR count). The highest BCUT2D eigenvalue weighted by atomic mass is 35.5. The van der Waals surface area contributed by atoms with Crippen molar-refractivity contribution in [3.63, 3.8) is 0 Å². The van der Waals surface area contributed by atoms with Crippen LogP contribution in [-0.2, 0) is 10.4 Å². The number of carbonyl (C=O) groups is 1. The third-order valence-electron chi connectivity index (χ3n) is 5.39. The van der Waals surface area contributed by atoms with Gasteiger partial charge in [-0.15, -0.1) is 5.06 Å². The van der Waals surface area contributed by atoms with Crippen LogP contribution in [-0.4, -0.2) is 23.1 Å². The van der Waals surface area contributed by atoms with Gasteiger partial charge >= 0.3 is 12.3 Å². The number of halogens is 5. The summed E-state index contributed by atoms with van der Waals surface area (Å²) in [6.07, 6.45) is -6.88. The molecule has 0 aliphatic carbocycles. The van der Waals surface area contributed by atoms with Gasteiger partial charge in [0.2, 0.25) is 0 Å². The second-order valence-electron chi connectivity index (χ2n) is 7.77. The third kappa shape index (κ3) is 4.87. The molecular weight excluding hydrogens is 508 g/mol. The van der Waals surface area contributed by atoms with Gasteiger partial charge in [0, 0.05) is 27.6 Å². The molecule has 1 amide bonds. The van der Waals surface area contributed by atoms with E-state index in [9.17, 15) is 23.1 Å². The molecule has 1 heterocycles. The fraction of sp³-hybridized carbons (Fsp3) is 0.167. The van der Waals surface area contributed by atoms with Gasteiger partial charge in [-0.1, -0.05) is 58.7 Å². The molecule has 0 saturated heterocycles. The Morgan fingerprint density at radius 2 is 1.74 bits per heavy atom. The van der Waals surface area contributed by atoms with Gasteiger partial charge in [0.1, 0.15) is 0 Å². The van der Waals surface area contributed by atoms with E-state index in [1.807, 2.05) is 0 Å². The summed E-state index contributed by atoms with van der Waals surface area (Å²) in [5.41, 5.74) is -2.02. The van der Waals surface area contributed by atoms with Crippen molar-refractivity contribution < 1.29 is 32.7 Å². The third-order valence-corrected chi connectivity index (χ3v) is 5.83. The standard InChI is InChI=1S/C24H17Cl2F3N2O4/c1-14-7-8-15(9-21(14)34-31(22(32)33)19-5-3-2-4-6-19)20-13-23(35-30-20,24(27,28)29)16-10-17(25)12-18(26)11-16/h2-12H,13H2,1H3,(H,32,33). The minimum atomic E-state index is -4.84. The van der Waals surface area contributed by atoms with Gasteiger partial charge in [-0.2, -0.15) is 13.2 Å². The number of carboxylic acid groups (broad SMARTS) is 1. The van der Waals surface area contributed by atoms with Crippen molar-refractivity contribution >= 4 is 40.7 Å². The number of nitrogens with zero attached hydrogens (tertiary/aromatic N) is 2. The zero-order chi connectivity index (χ0) is 25.4. The van der Waals surface area contributed by atoms with Crippen molar-refractivity contribution in [2.75, 3.05) is 5.06 Å². The molecule has 3 aromatic carbocycles. The maximum absolute atomic E-state index is 14.3. The second-order valence-corrected chi connectivity index (χ2v) is 8.65. The maximum Gasteiger partial charge on any atom is 0.445 e. The monoisotopic (exact) mass is 524 g/mol. The highest BCUT2D eigenvalue weighted by Crippen LogP contribution is 2.49. The summed E-state index contributed by atoms with van der Waals surface area (Å²) < 4.78 is 42.8. The van der Waals surface area contributed by atoms with E-state index < -0.39 is 24.3 Å². The first-order chi connectivity index (χ1) is 16.5. The molecule has 1 atom stereocenters. The van der Waals surface area contributed by atoms with Crippen LogP contribution in [0.5, 0.6) is 5.75 Å². The molecule has 182 valence electrons. The van der Waals surface area contributed by atoms with Crippen molar-refractivity contribution in [2.24, 2.45) is 5.16 Å². The highest BCUT2D eigenvalue weighted by Gasteiger charge is 2.62. The first-order valence-electron chi connectivity index (χ1n) is 10.2. The van der Waals surface area contributed by atoms with Crippen LogP contribution < -0.4 is 9.90 Å². The topological polar surface area (TPSA) is 71.4 Å². The quantitative estimate of drug-likeness (QED) is 0.354. The molecule has 1 N–H and O–H groups in total. The van der Waals surface area contributed by atoms with Gasteiger partial charge in [0.05, 0.1) is 11.4 Å². The molecule has 1 aliphatic heterocycles. The molecule has 0 bridgehead atoms. The normalized spacial score (nSPS) is 17.5. The average molecular weight is 525 g/mol. The van der Waals surface area contributed by atoms with Gasteiger partial charge in [-0.05, 0) is 48.9 Å². The van der Waals surface area contributed by atoms with Crippen LogP contribution in [0.2, 0.25) is 10.0 Å². The zero-order valence-electron chi connectivity index (χ0n) is 18.0. The van der Waals surface area contributed by atoms with Gasteiger partial charge in [-0.3, -0.25) is 0 Å². The Bertz CT molecular complexity index is 1280. The van der Waals surface area contributed by atoms with Crippen molar-refractivity contribution in [3.05, 3.63) is 93.5 Å². The Balaban J connectivity index is 1.67. The van der Waals surface area contributed by atoms with E-state index in [0.29, 0.717) is 10.6 Å². The van der Waals surface area contributed by atoms with E-state index in [-0.39, 0.29) is 38.3 Å². The molecule has 0 aromatic heterocycles. The van der Waals surface area contributed by atoms with E-state index in [1.165, 1.54) is 24.3 Å². The van der Waals surface area contributed by atoms with Crippen LogP contribution in [0.4, 0.5) is 23.7 Å². The lowest BCUT2D eigenvalue weighted by Crippen LogP contribution is -2.42. The summed E-state index contributed by atoms with van der Waals surface area (Å²) in [4.78, 5) is 22.4. The SMILES string of the molecule is Cc1ccc(C2=NOC(c3cc(Cl)cc(Cl)c3)(C(F)(F)F)C2)cc1ON(C(=O)O)c1ccccc1. The second kappa shape index (κ2) is 9.31. The first-order valence-corrected chi connectivity index (χ1v) is 10.9. The molecule has 0 radical (unpaired) electrons. The molecule has 0 spiro atoms. The van der Waals surface area contributed by atoms with E-state index >= 15 is 0 Å². The van der Waals surface area contributed by atoms with Crippen molar-refractivity contribution in [1.29, 1.82) is 0 Å². The number of rotatable bonds is 5. The van der Waals surface area contributed by atoms with Crippen molar-refractivity contribution in [2.45, 2.75) is 25.1 Å². The number of para-hydroxylation sites is 1. The molecule has 11 heteroatoms. The van der Waals surface area contributed by atoms with Crippen LogP contribution in [0.25, 0.3) is 0 Å². The van der Waals surface area contributed by atoms with Gasteiger partial charge in [-0.25, -0.2) is 4.79 Å². The Hall–Kier alpha value is -3.43. The Kier molecular flexibility index (Phi) is 6.57. The highest BCUT2D eigenvalue weighted by molar-refractivity contribution is 6.34. The van der Waals surface area contributed by atoms with Gasteiger partial charge < -0.3 is 14.8 Å². The zero-order valence-corrected chi connectivity index (χ0v) is 19.5.